The van der Waals surface area contributed by atoms with Gasteiger partial charge in [-0.1, -0.05) is 12.1 Å². The Bertz CT molecular complexity index is 909. The molecule has 2 aromatic carbocycles. The molecule has 1 N–H and O–H groups in total. The van der Waals surface area contributed by atoms with Gasteiger partial charge in [0.05, 0.1) is 9.85 Å². The van der Waals surface area contributed by atoms with Crippen LogP contribution in [-0.4, -0.2) is 31.1 Å². The molecule has 0 aromatic heterocycles. The lowest BCUT2D eigenvalue weighted by atomic mass is 10.1. The van der Waals surface area contributed by atoms with E-state index in [9.17, 15) is 28.6 Å². The normalized spacial score (nSPS) is 11.1. The van der Waals surface area contributed by atoms with E-state index in [0.717, 1.165) is 17.9 Å². The van der Waals surface area contributed by atoms with Crippen LogP contribution in [0.4, 0.5) is 17.1 Å². The maximum Gasteiger partial charge on any atom is 0.288 e. The molecular weight excluding hydrogens is 350 g/mol. The van der Waals surface area contributed by atoms with Crippen LogP contribution in [-0.2, 0) is 16.3 Å². The van der Waals surface area contributed by atoms with Crippen LogP contribution in [0.3, 0.4) is 0 Å². The van der Waals surface area contributed by atoms with E-state index >= 15 is 0 Å². The highest BCUT2D eigenvalue weighted by Crippen LogP contribution is 2.27. The second-order valence-electron chi connectivity index (χ2n) is 5.31. The number of sulfone groups is 1. The monoisotopic (exact) mass is 365 g/mol. The topological polar surface area (TPSA) is 132 Å². The minimum absolute atomic E-state index is 0.00451. The van der Waals surface area contributed by atoms with Crippen molar-refractivity contribution >= 4 is 26.9 Å². The number of hydrogen-bond donors (Lipinski definition) is 1. The van der Waals surface area contributed by atoms with E-state index in [0.29, 0.717) is 18.7 Å². The van der Waals surface area contributed by atoms with Crippen LogP contribution in [0.1, 0.15) is 5.56 Å². The average molecular weight is 365 g/mol. The summed E-state index contributed by atoms with van der Waals surface area (Å²) in [6.45, 7) is 0.429. The molecule has 10 heteroatoms. The number of benzene rings is 2. The standard InChI is InChI=1S/C15H15N3O6S/c1-25(23,24)15-10-12(4-7-14(15)18(21)22)16-9-8-11-2-5-13(6-3-11)17(19)20/h2-7,10,16H,8-9H2,1H3. The minimum atomic E-state index is -3.74. The first-order chi connectivity index (χ1) is 11.7. The summed E-state index contributed by atoms with van der Waals surface area (Å²) in [5.41, 5.74) is 0.838. The van der Waals surface area contributed by atoms with Gasteiger partial charge < -0.3 is 5.32 Å². The molecule has 0 unspecified atom stereocenters. The summed E-state index contributed by atoms with van der Waals surface area (Å²) in [7, 11) is -3.74. The largest absolute Gasteiger partial charge is 0.385 e. The first-order valence-electron chi connectivity index (χ1n) is 7.14. The molecule has 132 valence electrons. The second-order valence-corrected chi connectivity index (χ2v) is 7.30. The van der Waals surface area contributed by atoms with Gasteiger partial charge in [-0.2, -0.15) is 0 Å². The first kappa shape index (κ1) is 18.3. The summed E-state index contributed by atoms with van der Waals surface area (Å²) in [6, 6.07) is 9.89. The number of nitrogens with one attached hydrogen (secondary N) is 1. The van der Waals surface area contributed by atoms with E-state index in [1.165, 1.54) is 24.3 Å². The van der Waals surface area contributed by atoms with Crippen molar-refractivity contribution in [2.45, 2.75) is 11.3 Å². The van der Waals surface area contributed by atoms with Crippen molar-refractivity contribution in [1.29, 1.82) is 0 Å². The number of hydrogen-bond acceptors (Lipinski definition) is 7. The van der Waals surface area contributed by atoms with Crippen molar-refractivity contribution in [3.05, 3.63) is 68.3 Å². The molecule has 0 spiro atoms. The van der Waals surface area contributed by atoms with Crippen LogP contribution in [0.25, 0.3) is 0 Å². The number of nitro benzene ring substituents is 2. The number of nitrogens with zero attached hydrogens (tertiary/aromatic N) is 2. The van der Waals surface area contributed by atoms with Gasteiger partial charge in [0.1, 0.15) is 4.90 Å². The van der Waals surface area contributed by atoms with Crippen molar-refractivity contribution in [3.63, 3.8) is 0 Å². The molecule has 0 fully saturated rings. The molecule has 0 aliphatic heterocycles. The van der Waals surface area contributed by atoms with E-state index in [4.69, 9.17) is 0 Å². The Kier molecular flexibility index (Phi) is 5.32. The second kappa shape index (κ2) is 7.26. The summed E-state index contributed by atoms with van der Waals surface area (Å²) in [5.74, 6) is 0. The Morgan fingerprint density at radius 1 is 1.00 bits per heavy atom. The third-order valence-electron chi connectivity index (χ3n) is 3.45. The maximum absolute atomic E-state index is 11.7. The fourth-order valence-electron chi connectivity index (χ4n) is 2.21. The number of non-ortho nitro benzene ring substituents is 1. The molecule has 0 bridgehead atoms. The van der Waals surface area contributed by atoms with Crippen LogP contribution >= 0.6 is 0 Å². The summed E-state index contributed by atoms with van der Waals surface area (Å²) in [6.07, 6.45) is 1.46. The Labute approximate surface area is 143 Å². The highest BCUT2D eigenvalue weighted by atomic mass is 32.2. The molecule has 0 amide bonds. The summed E-state index contributed by atoms with van der Waals surface area (Å²) in [5, 5.41) is 24.5. The summed E-state index contributed by atoms with van der Waals surface area (Å²) < 4.78 is 23.4. The van der Waals surface area contributed by atoms with Gasteiger partial charge in [0.2, 0.25) is 0 Å². The van der Waals surface area contributed by atoms with Crippen molar-refractivity contribution in [1.82, 2.24) is 0 Å². The van der Waals surface area contributed by atoms with Gasteiger partial charge in [0.25, 0.3) is 11.4 Å². The highest BCUT2D eigenvalue weighted by molar-refractivity contribution is 7.90. The number of rotatable bonds is 7. The molecule has 0 radical (unpaired) electrons. The van der Waals surface area contributed by atoms with Crippen molar-refractivity contribution in [2.75, 3.05) is 18.1 Å². The lowest BCUT2D eigenvalue weighted by Crippen LogP contribution is -2.07. The quantitative estimate of drug-likeness (QED) is 0.589. The molecular formula is C15H15N3O6S. The summed E-state index contributed by atoms with van der Waals surface area (Å²) in [4.78, 5) is 20.0. The zero-order chi connectivity index (χ0) is 18.6. The lowest BCUT2D eigenvalue weighted by molar-refractivity contribution is -0.387. The van der Waals surface area contributed by atoms with Gasteiger partial charge in [0, 0.05) is 36.7 Å². The van der Waals surface area contributed by atoms with E-state index in [1.54, 1.807) is 12.1 Å². The molecule has 2 aromatic rings. The predicted octanol–water partition coefficient (Wildman–Crippen LogP) is 2.56. The number of anilines is 1. The lowest BCUT2D eigenvalue weighted by Gasteiger charge is -2.08. The van der Waals surface area contributed by atoms with E-state index in [2.05, 4.69) is 5.32 Å². The highest BCUT2D eigenvalue weighted by Gasteiger charge is 2.22. The smallest absolute Gasteiger partial charge is 0.288 e. The Hall–Kier alpha value is -3.01. The molecule has 0 saturated carbocycles. The maximum atomic E-state index is 11.7. The molecule has 0 atom stereocenters. The molecule has 0 aliphatic carbocycles. The minimum Gasteiger partial charge on any atom is -0.385 e. The molecule has 2 rings (SSSR count). The Balaban J connectivity index is 2.08. The van der Waals surface area contributed by atoms with Gasteiger partial charge in [0.15, 0.2) is 9.84 Å². The van der Waals surface area contributed by atoms with E-state index < -0.39 is 25.4 Å². The van der Waals surface area contributed by atoms with Crippen LogP contribution in [0.2, 0.25) is 0 Å². The first-order valence-corrected chi connectivity index (χ1v) is 9.03. The summed E-state index contributed by atoms with van der Waals surface area (Å²) >= 11 is 0. The number of nitro groups is 2. The average Bonchev–Trinajstić information content (AvgIpc) is 2.54. The zero-order valence-corrected chi connectivity index (χ0v) is 14.0. The van der Waals surface area contributed by atoms with Crippen molar-refractivity contribution in [3.8, 4) is 0 Å². The predicted molar refractivity (Wildman–Crippen MR) is 91.5 cm³/mol. The van der Waals surface area contributed by atoms with E-state index in [-0.39, 0.29) is 10.6 Å². The molecule has 0 aliphatic rings. The zero-order valence-electron chi connectivity index (χ0n) is 13.2. The van der Waals surface area contributed by atoms with Crippen LogP contribution in [0, 0.1) is 20.2 Å². The fourth-order valence-corrected chi connectivity index (χ4v) is 3.07. The molecule has 9 nitrogen and oxygen atoms in total. The molecule has 0 heterocycles. The van der Waals surface area contributed by atoms with Gasteiger partial charge in [-0.3, -0.25) is 20.2 Å². The van der Waals surface area contributed by atoms with Gasteiger partial charge in [-0.25, -0.2) is 8.42 Å². The SMILES string of the molecule is CS(=O)(=O)c1cc(NCCc2ccc([N+](=O)[O-])cc2)ccc1[N+](=O)[O-]. The Morgan fingerprint density at radius 3 is 2.16 bits per heavy atom. The van der Waals surface area contributed by atoms with E-state index in [1.807, 2.05) is 0 Å². The van der Waals surface area contributed by atoms with Gasteiger partial charge >= 0.3 is 0 Å². The van der Waals surface area contributed by atoms with Crippen molar-refractivity contribution < 1.29 is 18.3 Å². The van der Waals surface area contributed by atoms with Gasteiger partial charge in [-0.05, 0) is 24.1 Å². The Morgan fingerprint density at radius 2 is 1.64 bits per heavy atom. The molecule has 25 heavy (non-hydrogen) atoms. The third kappa shape index (κ3) is 4.73. The fraction of sp³-hybridized carbons (Fsp3) is 0.200. The van der Waals surface area contributed by atoms with Gasteiger partial charge in [-0.15, -0.1) is 0 Å². The van der Waals surface area contributed by atoms with Crippen LogP contribution in [0.15, 0.2) is 47.4 Å². The molecule has 0 saturated heterocycles. The van der Waals surface area contributed by atoms with Crippen LogP contribution < -0.4 is 5.32 Å². The van der Waals surface area contributed by atoms with Crippen LogP contribution in [0.5, 0.6) is 0 Å². The third-order valence-corrected chi connectivity index (χ3v) is 4.57. The van der Waals surface area contributed by atoms with Crippen molar-refractivity contribution in [2.24, 2.45) is 0 Å².